The maximum absolute atomic E-state index is 11.4. The second-order valence-corrected chi connectivity index (χ2v) is 8.06. The zero-order valence-corrected chi connectivity index (χ0v) is 15.6. The van der Waals surface area contributed by atoms with Gasteiger partial charge in [0.1, 0.15) is 0 Å². The van der Waals surface area contributed by atoms with Crippen molar-refractivity contribution in [2.24, 2.45) is 0 Å². The van der Waals surface area contributed by atoms with E-state index in [-0.39, 0.29) is 0 Å². The molecule has 0 radical (unpaired) electrons. The Morgan fingerprint density at radius 2 is 1.57 bits per heavy atom. The van der Waals surface area contributed by atoms with Gasteiger partial charge in [0.15, 0.2) is 0 Å². The van der Waals surface area contributed by atoms with Gasteiger partial charge in [-0.05, 0) is 44.5 Å². The molecule has 0 spiro atoms. The predicted octanol–water partition coefficient (Wildman–Crippen LogP) is 4.17. The molecule has 0 heterocycles. The molecule has 124 valence electrons. The van der Waals surface area contributed by atoms with Gasteiger partial charge in [-0.1, -0.05) is 53.6 Å². The molecular formula is C20H27NOS. The van der Waals surface area contributed by atoms with Crippen LogP contribution in [0.4, 0.5) is 0 Å². The third kappa shape index (κ3) is 5.29. The van der Waals surface area contributed by atoms with Gasteiger partial charge in [0.05, 0.1) is 0 Å². The molecule has 2 nitrogen and oxygen atoms in total. The Kier molecular flexibility index (Phi) is 6.14. The molecule has 2 atom stereocenters. The quantitative estimate of drug-likeness (QED) is 0.793. The van der Waals surface area contributed by atoms with Crippen molar-refractivity contribution >= 4 is 10.8 Å². The summed E-state index contributed by atoms with van der Waals surface area (Å²) in [4.78, 5) is 2.26. The lowest BCUT2D eigenvalue weighted by Gasteiger charge is -2.24. The van der Waals surface area contributed by atoms with E-state index in [4.69, 9.17) is 0 Å². The minimum absolute atomic E-state index is 0.319. The van der Waals surface area contributed by atoms with Gasteiger partial charge in [-0.2, -0.15) is 0 Å². The van der Waals surface area contributed by atoms with E-state index in [1.165, 1.54) is 27.8 Å². The number of rotatable bonds is 6. The molecule has 0 aromatic heterocycles. The minimum Gasteiger partial charge on any atom is -0.299 e. The van der Waals surface area contributed by atoms with Gasteiger partial charge in [-0.15, -0.1) is 0 Å². The first-order valence-electron chi connectivity index (χ1n) is 8.03. The topological polar surface area (TPSA) is 20.3 Å². The third-order valence-corrected chi connectivity index (χ3v) is 5.12. The van der Waals surface area contributed by atoms with Gasteiger partial charge >= 0.3 is 0 Å². The molecule has 0 saturated heterocycles. The van der Waals surface area contributed by atoms with Crippen LogP contribution in [0.5, 0.6) is 0 Å². The molecule has 0 aliphatic rings. The number of hydrogen-bond donors (Lipinski definition) is 0. The molecular weight excluding hydrogens is 302 g/mol. The van der Waals surface area contributed by atoms with Crippen LogP contribution in [0, 0.1) is 13.8 Å². The molecule has 3 heteroatoms. The highest BCUT2D eigenvalue weighted by Crippen LogP contribution is 2.23. The highest BCUT2D eigenvalue weighted by molar-refractivity contribution is 7.84. The summed E-state index contributed by atoms with van der Waals surface area (Å²) in [6.45, 7) is 7.29. The molecule has 2 aromatic carbocycles. The highest BCUT2D eigenvalue weighted by Gasteiger charge is 2.11. The van der Waals surface area contributed by atoms with E-state index < -0.39 is 10.8 Å². The fourth-order valence-electron chi connectivity index (χ4n) is 2.85. The van der Waals surface area contributed by atoms with Crippen LogP contribution in [0.1, 0.15) is 23.6 Å². The summed E-state index contributed by atoms with van der Waals surface area (Å²) in [5, 5.41) is 0. The van der Waals surface area contributed by atoms with Crippen LogP contribution >= 0.6 is 0 Å². The Hall–Kier alpha value is -1.45. The maximum Gasteiger partial charge on any atom is 0.0385 e. The fourth-order valence-corrected chi connectivity index (χ4v) is 3.79. The third-order valence-electron chi connectivity index (χ3n) is 4.17. The van der Waals surface area contributed by atoms with E-state index in [1.807, 2.05) is 0 Å². The Morgan fingerprint density at radius 3 is 2.09 bits per heavy atom. The van der Waals surface area contributed by atoms with Crippen LogP contribution in [0.2, 0.25) is 0 Å². The van der Waals surface area contributed by atoms with Crippen LogP contribution in [-0.2, 0) is 17.3 Å². The SMILES string of the molecule is Cc1cc(C)cc(-c2ccc(CN(C)C(C)CS(C)=O)cc2)c1. The van der Waals surface area contributed by atoms with Crippen LogP contribution in [0.25, 0.3) is 11.1 Å². The molecule has 0 saturated carbocycles. The van der Waals surface area contributed by atoms with Crippen molar-refractivity contribution in [2.75, 3.05) is 19.1 Å². The number of benzene rings is 2. The molecule has 2 unspecified atom stereocenters. The van der Waals surface area contributed by atoms with E-state index in [0.717, 1.165) is 12.3 Å². The maximum atomic E-state index is 11.4. The molecule has 2 aromatic rings. The first kappa shape index (κ1) is 17.9. The summed E-state index contributed by atoms with van der Waals surface area (Å²) in [5.74, 6) is 0.719. The van der Waals surface area contributed by atoms with Gasteiger partial charge in [0, 0.05) is 35.4 Å². The van der Waals surface area contributed by atoms with Gasteiger partial charge in [-0.25, -0.2) is 0 Å². The van der Waals surface area contributed by atoms with Gasteiger partial charge in [0.2, 0.25) is 0 Å². The van der Waals surface area contributed by atoms with E-state index in [1.54, 1.807) is 6.26 Å². The van der Waals surface area contributed by atoms with Crippen molar-refractivity contribution in [1.82, 2.24) is 4.90 Å². The Balaban J connectivity index is 2.08. The van der Waals surface area contributed by atoms with E-state index in [0.29, 0.717) is 6.04 Å². The smallest absolute Gasteiger partial charge is 0.0385 e. The summed E-state index contributed by atoms with van der Waals surface area (Å²) < 4.78 is 11.4. The second-order valence-electron chi connectivity index (χ2n) is 6.58. The van der Waals surface area contributed by atoms with Crippen molar-refractivity contribution in [2.45, 2.75) is 33.4 Å². The summed E-state index contributed by atoms with van der Waals surface area (Å²) in [7, 11) is 1.34. The molecule has 2 rings (SSSR count). The summed E-state index contributed by atoms with van der Waals surface area (Å²) in [6.07, 6.45) is 1.77. The Morgan fingerprint density at radius 1 is 1.00 bits per heavy atom. The standard InChI is InChI=1S/C20H27NOS/c1-15-10-16(2)12-20(11-15)19-8-6-18(7-9-19)13-21(4)17(3)14-23(5)22/h6-12,17H,13-14H2,1-5H3. The molecule has 0 fully saturated rings. The molecule has 0 bridgehead atoms. The average Bonchev–Trinajstić information content (AvgIpc) is 2.46. The Labute approximate surface area is 143 Å². The van der Waals surface area contributed by atoms with Crippen LogP contribution in [0.15, 0.2) is 42.5 Å². The van der Waals surface area contributed by atoms with E-state index in [2.05, 4.69) is 75.2 Å². The lowest BCUT2D eigenvalue weighted by Crippen LogP contribution is -2.32. The van der Waals surface area contributed by atoms with Crippen molar-refractivity contribution in [3.8, 4) is 11.1 Å². The van der Waals surface area contributed by atoms with Crippen LogP contribution in [0.3, 0.4) is 0 Å². The Bertz CT molecular complexity index is 658. The molecule has 0 N–H and O–H groups in total. The summed E-state index contributed by atoms with van der Waals surface area (Å²) in [6, 6.07) is 15.8. The minimum atomic E-state index is -0.749. The molecule has 0 amide bonds. The summed E-state index contributed by atoms with van der Waals surface area (Å²) in [5.41, 5.74) is 6.41. The largest absolute Gasteiger partial charge is 0.299 e. The van der Waals surface area contributed by atoms with Crippen LogP contribution < -0.4 is 0 Å². The van der Waals surface area contributed by atoms with Gasteiger partial charge < -0.3 is 0 Å². The normalized spacial score (nSPS) is 14.0. The molecule has 23 heavy (non-hydrogen) atoms. The monoisotopic (exact) mass is 329 g/mol. The number of nitrogens with zero attached hydrogens (tertiary/aromatic N) is 1. The van der Waals surface area contributed by atoms with E-state index in [9.17, 15) is 4.21 Å². The summed E-state index contributed by atoms with van der Waals surface area (Å²) >= 11 is 0. The first-order valence-corrected chi connectivity index (χ1v) is 9.75. The van der Waals surface area contributed by atoms with E-state index >= 15 is 0 Å². The first-order chi connectivity index (χ1) is 10.8. The average molecular weight is 330 g/mol. The number of hydrogen-bond acceptors (Lipinski definition) is 2. The predicted molar refractivity (Wildman–Crippen MR) is 101 cm³/mol. The van der Waals surface area contributed by atoms with Crippen molar-refractivity contribution in [3.05, 3.63) is 59.2 Å². The van der Waals surface area contributed by atoms with Crippen molar-refractivity contribution in [3.63, 3.8) is 0 Å². The highest BCUT2D eigenvalue weighted by atomic mass is 32.2. The zero-order chi connectivity index (χ0) is 17.0. The van der Waals surface area contributed by atoms with Crippen LogP contribution in [-0.4, -0.2) is 34.2 Å². The fraction of sp³-hybridized carbons (Fsp3) is 0.400. The molecule has 0 aliphatic heterocycles. The van der Waals surface area contributed by atoms with Crippen molar-refractivity contribution < 1.29 is 4.21 Å². The van der Waals surface area contributed by atoms with Crippen molar-refractivity contribution in [1.29, 1.82) is 0 Å². The lowest BCUT2D eigenvalue weighted by atomic mass is 10.00. The second kappa shape index (κ2) is 7.89. The van der Waals surface area contributed by atoms with Gasteiger partial charge in [0.25, 0.3) is 0 Å². The number of aryl methyl sites for hydroxylation is 2. The lowest BCUT2D eigenvalue weighted by molar-refractivity contribution is 0.268. The molecule has 0 aliphatic carbocycles. The zero-order valence-electron chi connectivity index (χ0n) is 14.8. The van der Waals surface area contributed by atoms with Gasteiger partial charge in [-0.3, -0.25) is 9.11 Å².